The van der Waals surface area contributed by atoms with Gasteiger partial charge >= 0.3 is 0 Å². The van der Waals surface area contributed by atoms with Crippen LogP contribution in [0.4, 0.5) is 0 Å². The molecule has 0 amide bonds. The Hall–Kier alpha value is -0.0800. The van der Waals surface area contributed by atoms with Gasteiger partial charge in [0.05, 0.1) is 5.60 Å². The molecule has 2 nitrogen and oxygen atoms in total. The van der Waals surface area contributed by atoms with Crippen molar-refractivity contribution in [2.75, 3.05) is 7.05 Å². The van der Waals surface area contributed by atoms with E-state index < -0.39 is 0 Å². The van der Waals surface area contributed by atoms with Crippen molar-refractivity contribution >= 4 is 0 Å². The normalized spacial score (nSPS) is 50.4. The highest BCUT2D eigenvalue weighted by Gasteiger charge is 2.54. The van der Waals surface area contributed by atoms with E-state index in [1.165, 1.54) is 6.42 Å². The average molecular weight is 211 g/mol. The summed E-state index contributed by atoms with van der Waals surface area (Å²) in [5, 5.41) is 2.12. The lowest BCUT2D eigenvalue weighted by atomic mass is 9.62. The first-order chi connectivity index (χ1) is 6.84. The Kier molecular flexibility index (Phi) is 2.63. The monoisotopic (exact) mass is 211 g/mol. The predicted molar refractivity (Wildman–Crippen MR) is 62.3 cm³/mol. The molecule has 0 radical (unpaired) electrons. The topological polar surface area (TPSA) is 12.5 Å². The van der Waals surface area contributed by atoms with Crippen LogP contribution in [-0.4, -0.2) is 23.8 Å². The van der Waals surface area contributed by atoms with Crippen molar-refractivity contribution in [1.29, 1.82) is 0 Å². The Morgan fingerprint density at radius 1 is 1.13 bits per heavy atom. The summed E-state index contributed by atoms with van der Waals surface area (Å²) in [5.74, 6) is 3.04. The van der Waals surface area contributed by atoms with Crippen molar-refractivity contribution in [2.45, 2.75) is 52.7 Å². The van der Waals surface area contributed by atoms with Gasteiger partial charge in [-0.1, -0.05) is 20.8 Å². The van der Waals surface area contributed by atoms with Crippen LogP contribution in [0.25, 0.3) is 0 Å². The van der Waals surface area contributed by atoms with Crippen LogP contribution in [0.5, 0.6) is 0 Å². The standard InChI is InChI=1S/C13H25NO/c1-8-7-9(2)12-11(10(8)3)13(4,5)15-14(12)6/h8-12H,7H2,1-6H3/t8?,9?,10?,11-,12+/m1/s1. The van der Waals surface area contributed by atoms with Gasteiger partial charge in [0.2, 0.25) is 0 Å². The van der Waals surface area contributed by atoms with Crippen molar-refractivity contribution in [3.8, 4) is 0 Å². The quantitative estimate of drug-likeness (QED) is 0.611. The van der Waals surface area contributed by atoms with E-state index in [9.17, 15) is 0 Å². The van der Waals surface area contributed by atoms with E-state index in [1.807, 2.05) is 0 Å². The molecular formula is C13H25NO. The summed E-state index contributed by atoms with van der Waals surface area (Å²) < 4.78 is 0. The molecule has 2 rings (SSSR count). The number of rotatable bonds is 0. The van der Waals surface area contributed by atoms with Crippen LogP contribution in [0.1, 0.15) is 41.0 Å². The SMILES string of the molecule is CC1CC(C)[C@H]2[C@@H](C1C)C(C)(C)ON2C. The van der Waals surface area contributed by atoms with Crippen molar-refractivity contribution in [3.05, 3.63) is 0 Å². The van der Waals surface area contributed by atoms with Gasteiger partial charge in [0.1, 0.15) is 0 Å². The highest BCUT2D eigenvalue weighted by atomic mass is 16.7. The van der Waals surface area contributed by atoms with E-state index in [-0.39, 0.29) is 5.60 Å². The van der Waals surface area contributed by atoms with Gasteiger partial charge in [-0.2, -0.15) is 5.06 Å². The Morgan fingerprint density at radius 2 is 1.73 bits per heavy atom. The fraction of sp³-hybridized carbons (Fsp3) is 1.00. The summed E-state index contributed by atoms with van der Waals surface area (Å²) in [5.41, 5.74) is 0.0156. The maximum atomic E-state index is 6.02. The van der Waals surface area contributed by atoms with Crippen molar-refractivity contribution < 1.29 is 4.84 Å². The summed E-state index contributed by atoms with van der Waals surface area (Å²) >= 11 is 0. The van der Waals surface area contributed by atoms with E-state index in [2.05, 4.69) is 46.7 Å². The molecule has 1 saturated heterocycles. The first kappa shape index (κ1) is 11.4. The van der Waals surface area contributed by atoms with Gasteiger partial charge < -0.3 is 0 Å². The lowest BCUT2D eigenvalue weighted by molar-refractivity contribution is -0.182. The van der Waals surface area contributed by atoms with Gasteiger partial charge in [-0.15, -0.1) is 0 Å². The lowest BCUT2D eigenvalue weighted by Crippen LogP contribution is -2.47. The fourth-order valence-electron chi connectivity index (χ4n) is 4.08. The fourth-order valence-corrected chi connectivity index (χ4v) is 4.08. The molecule has 2 fully saturated rings. The highest BCUT2D eigenvalue weighted by molar-refractivity contribution is 5.01. The molecule has 0 spiro atoms. The molecule has 0 N–H and O–H groups in total. The van der Waals surface area contributed by atoms with Gasteiger partial charge in [0, 0.05) is 19.0 Å². The molecule has 2 heteroatoms. The van der Waals surface area contributed by atoms with E-state index in [1.54, 1.807) is 0 Å². The van der Waals surface area contributed by atoms with Gasteiger partial charge in [-0.3, -0.25) is 4.84 Å². The number of nitrogens with zero attached hydrogens (tertiary/aromatic N) is 1. The third-order valence-corrected chi connectivity index (χ3v) is 4.76. The van der Waals surface area contributed by atoms with Crippen LogP contribution in [0.3, 0.4) is 0 Å². The van der Waals surface area contributed by atoms with Crippen molar-refractivity contribution in [2.24, 2.45) is 23.7 Å². The van der Waals surface area contributed by atoms with Gasteiger partial charge in [-0.25, -0.2) is 0 Å². The van der Waals surface area contributed by atoms with Crippen LogP contribution in [0.2, 0.25) is 0 Å². The zero-order chi connectivity index (χ0) is 11.4. The summed E-state index contributed by atoms with van der Waals surface area (Å²) in [6.45, 7) is 11.7. The molecule has 1 heterocycles. The minimum absolute atomic E-state index is 0.0156. The van der Waals surface area contributed by atoms with Crippen LogP contribution < -0.4 is 0 Å². The molecule has 1 aliphatic heterocycles. The predicted octanol–water partition coefficient (Wildman–Crippen LogP) is 2.94. The average Bonchev–Trinajstić information content (AvgIpc) is 2.32. The van der Waals surface area contributed by atoms with E-state index in [0.717, 1.165) is 17.8 Å². The minimum Gasteiger partial charge on any atom is -0.293 e. The lowest BCUT2D eigenvalue weighted by Gasteiger charge is -2.43. The number of hydrogen-bond acceptors (Lipinski definition) is 2. The second-order valence-corrected chi connectivity index (χ2v) is 6.31. The van der Waals surface area contributed by atoms with E-state index in [4.69, 9.17) is 4.84 Å². The Labute approximate surface area is 93.9 Å². The molecule has 0 bridgehead atoms. The maximum Gasteiger partial charge on any atom is 0.0890 e. The number of fused-ring (bicyclic) bond motifs is 1. The Morgan fingerprint density at radius 3 is 2.33 bits per heavy atom. The summed E-state index contributed by atoms with van der Waals surface area (Å²) in [6, 6.07) is 0.617. The number of hydrogen-bond donors (Lipinski definition) is 0. The van der Waals surface area contributed by atoms with Gasteiger partial charge in [0.15, 0.2) is 0 Å². The second kappa shape index (κ2) is 3.46. The zero-order valence-corrected chi connectivity index (χ0v) is 10.9. The molecule has 3 unspecified atom stereocenters. The smallest absolute Gasteiger partial charge is 0.0890 e. The van der Waals surface area contributed by atoms with E-state index >= 15 is 0 Å². The van der Waals surface area contributed by atoms with E-state index in [0.29, 0.717) is 12.0 Å². The molecule has 1 saturated carbocycles. The van der Waals surface area contributed by atoms with Crippen LogP contribution in [-0.2, 0) is 4.84 Å². The van der Waals surface area contributed by atoms with Crippen LogP contribution >= 0.6 is 0 Å². The Bertz CT molecular complexity index is 251. The summed E-state index contributed by atoms with van der Waals surface area (Å²) in [4.78, 5) is 6.02. The molecule has 2 aliphatic rings. The Balaban J connectivity index is 2.31. The van der Waals surface area contributed by atoms with Gasteiger partial charge in [0.25, 0.3) is 0 Å². The molecule has 0 aromatic heterocycles. The van der Waals surface area contributed by atoms with Crippen LogP contribution in [0, 0.1) is 23.7 Å². The van der Waals surface area contributed by atoms with Crippen LogP contribution in [0.15, 0.2) is 0 Å². The minimum atomic E-state index is 0.0156. The molecule has 15 heavy (non-hydrogen) atoms. The number of hydroxylamine groups is 2. The van der Waals surface area contributed by atoms with Crippen molar-refractivity contribution in [1.82, 2.24) is 5.06 Å². The largest absolute Gasteiger partial charge is 0.293 e. The third-order valence-electron chi connectivity index (χ3n) is 4.76. The zero-order valence-electron chi connectivity index (χ0n) is 10.9. The molecule has 1 aliphatic carbocycles. The maximum absolute atomic E-state index is 6.02. The molecule has 88 valence electrons. The molecule has 0 aromatic carbocycles. The summed E-state index contributed by atoms with van der Waals surface area (Å²) in [6.07, 6.45) is 1.34. The highest BCUT2D eigenvalue weighted by Crippen LogP contribution is 2.50. The molecule has 5 atom stereocenters. The second-order valence-electron chi connectivity index (χ2n) is 6.31. The first-order valence-corrected chi connectivity index (χ1v) is 6.26. The summed E-state index contributed by atoms with van der Waals surface area (Å²) in [7, 11) is 2.10. The van der Waals surface area contributed by atoms with Crippen molar-refractivity contribution in [3.63, 3.8) is 0 Å². The van der Waals surface area contributed by atoms with Gasteiger partial charge in [-0.05, 0) is 38.0 Å². The third kappa shape index (κ3) is 1.62. The molecule has 0 aromatic rings. The molecular weight excluding hydrogens is 186 g/mol. The first-order valence-electron chi connectivity index (χ1n) is 6.26.